The molecule has 0 saturated heterocycles. The van der Waals surface area contributed by atoms with Gasteiger partial charge in [0.15, 0.2) is 0 Å². The number of amides is 1. The van der Waals surface area contributed by atoms with Crippen molar-refractivity contribution >= 4 is 28.5 Å². The van der Waals surface area contributed by atoms with E-state index >= 15 is 0 Å². The number of carbonyl (C=O) groups excluding carboxylic acids is 1. The van der Waals surface area contributed by atoms with Crippen molar-refractivity contribution in [3.63, 3.8) is 0 Å². The van der Waals surface area contributed by atoms with Crippen molar-refractivity contribution in [3.8, 4) is 0 Å². The summed E-state index contributed by atoms with van der Waals surface area (Å²) in [5, 5.41) is 3.63. The van der Waals surface area contributed by atoms with Crippen molar-refractivity contribution in [1.82, 2.24) is 19.4 Å². The minimum Gasteiger partial charge on any atom is -0.353 e. The lowest BCUT2D eigenvalue weighted by atomic mass is 10.3. The Balaban J connectivity index is 1.57. The van der Waals surface area contributed by atoms with E-state index in [1.54, 1.807) is 6.33 Å². The van der Waals surface area contributed by atoms with Crippen molar-refractivity contribution in [2.45, 2.75) is 26.9 Å². The summed E-state index contributed by atoms with van der Waals surface area (Å²) < 4.78 is 4.02. The molecule has 0 spiro atoms. The molecule has 3 aromatic rings. The molecule has 23 heavy (non-hydrogen) atoms. The van der Waals surface area contributed by atoms with Crippen LogP contribution in [-0.4, -0.2) is 26.6 Å². The first kappa shape index (κ1) is 15.6. The van der Waals surface area contributed by atoms with Gasteiger partial charge in [-0.1, -0.05) is 11.6 Å². The Bertz CT molecular complexity index is 830. The summed E-state index contributed by atoms with van der Waals surface area (Å²) in [6.07, 6.45) is 1.77. The molecule has 1 amide bonds. The van der Waals surface area contributed by atoms with Crippen LogP contribution in [0.2, 0.25) is 5.02 Å². The molecule has 0 atom stereocenters. The average molecular weight is 331 g/mol. The molecular weight excluding hydrogens is 312 g/mol. The number of aromatic nitrogens is 3. The molecule has 0 aliphatic rings. The third kappa shape index (κ3) is 3.40. The molecule has 0 unspecified atom stereocenters. The number of rotatable bonds is 5. The minimum absolute atomic E-state index is 0.0138. The lowest BCUT2D eigenvalue weighted by Gasteiger charge is -2.10. The highest BCUT2D eigenvalue weighted by Crippen LogP contribution is 2.17. The van der Waals surface area contributed by atoms with E-state index in [2.05, 4.69) is 10.3 Å². The van der Waals surface area contributed by atoms with Gasteiger partial charge in [-0.3, -0.25) is 4.79 Å². The zero-order valence-corrected chi connectivity index (χ0v) is 14.0. The molecule has 1 aromatic carbocycles. The second-order valence-electron chi connectivity index (χ2n) is 5.62. The molecule has 0 aliphatic carbocycles. The van der Waals surface area contributed by atoms with Gasteiger partial charge in [-0.25, -0.2) is 4.98 Å². The van der Waals surface area contributed by atoms with Gasteiger partial charge in [0.1, 0.15) is 6.54 Å². The minimum atomic E-state index is 0.0138. The van der Waals surface area contributed by atoms with Gasteiger partial charge < -0.3 is 14.5 Å². The summed E-state index contributed by atoms with van der Waals surface area (Å²) in [5.74, 6) is 0.0138. The average Bonchev–Trinajstić information content (AvgIpc) is 3.05. The molecule has 2 heterocycles. The summed E-state index contributed by atoms with van der Waals surface area (Å²) in [4.78, 5) is 16.4. The Kier molecular flexibility index (Phi) is 4.39. The predicted molar refractivity (Wildman–Crippen MR) is 91.7 cm³/mol. The number of hydrogen-bond acceptors (Lipinski definition) is 2. The first-order chi connectivity index (χ1) is 11.0. The van der Waals surface area contributed by atoms with E-state index in [0.29, 0.717) is 24.7 Å². The Labute approximate surface area is 139 Å². The molecule has 2 aromatic heterocycles. The van der Waals surface area contributed by atoms with Crippen LogP contribution in [0, 0.1) is 13.8 Å². The highest BCUT2D eigenvalue weighted by Gasteiger charge is 2.07. The van der Waals surface area contributed by atoms with Crippen molar-refractivity contribution < 1.29 is 4.79 Å². The number of hydrogen-bond donors (Lipinski definition) is 1. The molecule has 0 aliphatic heterocycles. The molecule has 0 saturated carbocycles. The normalized spacial score (nSPS) is 11.1. The van der Waals surface area contributed by atoms with Crippen LogP contribution < -0.4 is 5.32 Å². The fourth-order valence-corrected chi connectivity index (χ4v) is 2.85. The second-order valence-corrected chi connectivity index (χ2v) is 6.06. The lowest BCUT2D eigenvalue weighted by Crippen LogP contribution is -2.30. The van der Waals surface area contributed by atoms with E-state index in [9.17, 15) is 4.79 Å². The van der Waals surface area contributed by atoms with Crippen LogP contribution >= 0.6 is 11.6 Å². The van der Waals surface area contributed by atoms with Gasteiger partial charge in [-0.15, -0.1) is 0 Å². The van der Waals surface area contributed by atoms with Crippen LogP contribution in [0.25, 0.3) is 11.0 Å². The van der Waals surface area contributed by atoms with Crippen LogP contribution in [0.5, 0.6) is 0 Å². The van der Waals surface area contributed by atoms with E-state index in [4.69, 9.17) is 11.6 Å². The summed E-state index contributed by atoms with van der Waals surface area (Å²) >= 11 is 5.96. The van der Waals surface area contributed by atoms with Crippen LogP contribution in [0.3, 0.4) is 0 Å². The third-order valence-corrected chi connectivity index (χ3v) is 4.21. The van der Waals surface area contributed by atoms with Gasteiger partial charge in [0, 0.05) is 29.5 Å². The smallest absolute Gasteiger partial charge is 0.239 e. The summed E-state index contributed by atoms with van der Waals surface area (Å²) in [5.41, 5.74) is 4.06. The Morgan fingerprint density at radius 1 is 1.22 bits per heavy atom. The van der Waals surface area contributed by atoms with Crippen LogP contribution in [0.1, 0.15) is 11.4 Å². The van der Waals surface area contributed by atoms with Gasteiger partial charge in [0.05, 0.1) is 17.4 Å². The zero-order valence-electron chi connectivity index (χ0n) is 13.2. The number of benzene rings is 1. The van der Waals surface area contributed by atoms with Crippen molar-refractivity contribution in [2.75, 3.05) is 6.54 Å². The van der Waals surface area contributed by atoms with Crippen LogP contribution in [-0.2, 0) is 17.9 Å². The Hall–Kier alpha value is -2.27. The summed E-state index contributed by atoms with van der Waals surface area (Å²) in [7, 11) is 0. The fraction of sp³-hybridized carbons (Fsp3) is 0.294. The maximum absolute atomic E-state index is 12.1. The number of aryl methyl sites for hydroxylation is 2. The lowest BCUT2D eigenvalue weighted by molar-refractivity contribution is -0.121. The number of nitrogens with zero attached hydrogens (tertiary/aromatic N) is 3. The van der Waals surface area contributed by atoms with Gasteiger partial charge in [0.2, 0.25) is 5.91 Å². The topological polar surface area (TPSA) is 51.9 Å². The number of nitrogens with one attached hydrogen (secondary N) is 1. The maximum atomic E-state index is 12.1. The number of carbonyl (C=O) groups is 1. The standard InChI is InChI=1S/C17H19ClN4O/c1-12-3-4-13(2)22(12)10-17(23)19-7-8-21-11-20-15-9-14(18)5-6-16(15)21/h3-6,9,11H,7-8,10H2,1-2H3,(H,19,23). The van der Waals surface area contributed by atoms with Crippen LogP contribution in [0.4, 0.5) is 0 Å². The van der Waals surface area contributed by atoms with Gasteiger partial charge in [-0.05, 0) is 44.2 Å². The maximum Gasteiger partial charge on any atom is 0.239 e. The Morgan fingerprint density at radius 2 is 1.96 bits per heavy atom. The van der Waals surface area contributed by atoms with E-state index in [1.165, 1.54) is 0 Å². The number of halogens is 1. The highest BCUT2D eigenvalue weighted by atomic mass is 35.5. The molecule has 3 rings (SSSR count). The molecule has 120 valence electrons. The number of fused-ring (bicyclic) bond motifs is 1. The molecule has 6 heteroatoms. The van der Waals surface area contributed by atoms with E-state index in [-0.39, 0.29) is 5.91 Å². The molecule has 1 N–H and O–H groups in total. The first-order valence-corrected chi connectivity index (χ1v) is 7.92. The van der Waals surface area contributed by atoms with Crippen molar-refractivity contribution in [3.05, 3.63) is 53.1 Å². The van der Waals surface area contributed by atoms with Gasteiger partial charge in [0.25, 0.3) is 0 Å². The zero-order chi connectivity index (χ0) is 16.4. The quantitative estimate of drug-likeness (QED) is 0.782. The second kappa shape index (κ2) is 6.46. The van der Waals surface area contributed by atoms with Gasteiger partial charge in [-0.2, -0.15) is 0 Å². The van der Waals surface area contributed by atoms with E-state index < -0.39 is 0 Å². The third-order valence-electron chi connectivity index (χ3n) is 3.98. The van der Waals surface area contributed by atoms with Crippen molar-refractivity contribution in [2.24, 2.45) is 0 Å². The predicted octanol–water partition coefficient (Wildman–Crippen LogP) is 2.92. The molecule has 5 nitrogen and oxygen atoms in total. The molecular formula is C17H19ClN4O. The van der Waals surface area contributed by atoms with Crippen molar-refractivity contribution in [1.29, 1.82) is 0 Å². The van der Waals surface area contributed by atoms with E-state index in [1.807, 2.05) is 53.3 Å². The molecule has 0 radical (unpaired) electrons. The highest BCUT2D eigenvalue weighted by molar-refractivity contribution is 6.31. The Morgan fingerprint density at radius 3 is 2.70 bits per heavy atom. The largest absolute Gasteiger partial charge is 0.353 e. The summed E-state index contributed by atoms with van der Waals surface area (Å²) in [6.45, 7) is 5.59. The number of imidazole rings is 1. The first-order valence-electron chi connectivity index (χ1n) is 7.54. The van der Waals surface area contributed by atoms with E-state index in [0.717, 1.165) is 22.4 Å². The molecule has 0 bridgehead atoms. The molecule has 0 fully saturated rings. The monoisotopic (exact) mass is 330 g/mol. The van der Waals surface area contributed by atoms with Gasteiger partial charge >= 0.3 is 0 Å². The summed E-state index contributed by atoms with van der Waals surface area (Å²) in [6, 6.07) is 9.66. The van der Waals surface area contributed by atoms with Crippen LogP contribution in [0.15, 0.2) is 36.7 Å². The SMILES string of the molecule is Cc1ccc(C)n1CC(=O)NCCn1cnc2cc(Cl)ccc21. The fourth-order valence-electron chi connectivity index (χ4n) is 2.68.